The molecule has 4 rings (SSSR count). The molecule has 124 valence electrons. The first kappa shape index (κ1) is 15.1. The second-order valence-electron chi connectivity index (χ2n) is 6.79. The first-order chi connectivity index (χ1) is 11.4. The van der Waals surface area contributed by atoms with Gasteiger partial charge in [0.15, 0.2) is 5.65 Å². The summed E-state index contributed by atoms with van der Waals surface area (Å²) in [5.74, 6) is 1.61. The lowest BCUT2D eigenvalue weighted by Gasteiger charge is -2.34. The topological polar surface area (TPSA) is 43.2 Å². The highest BCUT2D eigenvalue weighted by atomic mass is 16.5. The van der Waals surface area contributed by atoms with Crippen LogP contribution in [0, 0.1) is 0 Å². The maximum Gasteiger partial charge on any atom is 0.160 e. The highest BCUT2D eigenvalue weighted by Gasteiger charge is 2.29. The zero-order valence-electron chi connectivity index (χ0n) is 13.9. The van der Waals surface area contributed by atoms with Crippen molar-refractivity contribution in [3.8, 4) is 0 Å². The Morgan fingerprint density at radius 1 is 1.30 bits per heavy atom. The molecule has 0 radical (unpaired) electrons. The Balaban J connectivity index is 1.76. The van der Waals surface area contributed by atoms with Gasteiger partial charge in [0.05, 0.1) is 6.61 Å². The summed E-state index contributed by atoms with van der Waals surface area (Å²) in [5, 5.41) is 0. The number of nitrogens with zero attached hydrogens (tertiary/aromatic N) is 4. The van der Waals surface area contributed by atoms with Crippen molar-refractivity contribution in [2.75, 3.05) is 32.8 Å². The molecule has 0 bridgehead atoms. The third kappa shape index (κ3) is 2.88. The second-order valence-corrected chi connectivity index (χ2v) is 6.79. The number of aromatic nitrogens is 3. The zero-order chi connectivity index (χ0) is 15.6. The molecule has 5 nitrogen and oxygen atoms in total. The van der Waals surface area contributed by atoms with Gasteiger partial charge in [0.1, 0.15) is 11.3 Å². The van der Waals surface area contributed by atoms with Crippen molar-refractivity contribution < 1.29 is 4.74 Å². The van der Waals surface area contributed by atoms with Crippen molar-refractivity contribution in [1.82, 2.24) is 19.4 Å². The van der Waals surface area contributed by atoms with E-state index in [1.54, 1.807) is 0 Å². The summed E-state index contributed by atoms with van der Waals surface area (Å²) < 4.78 is 8.17. The Labute approximate surface area is 137 Å². The van der Waals surface area contributed by atoms with E-state index in [1.165, 1.54) is 31.6 Å². The third-order valence-electron chi connectivity index (χ3n) is 5.29. The van der Waals surface area contributed by atoms with Gasteiger partial charge in [0.25, 0.3) is 0 Å². The van der Waals surface area contributed by atoms with Crippen LogP contribution in [0.1, 0.15) is 50.4 Å². The van der Waals surface area contributed by atoms with E-state index >= 15 is 0 Å². The van der Waals surface area contributed by atoms with Gasteiger partial charge in [-0.25, -0.2) is 9.97 Å². The Kier molecular flexibility index (Phi) is 4.31. The van der Waals surface area contributed by atoms with Gasteiger partial charge in [0, 0.05) is 31.3 Å². The molecule has 2 aromatic heterocycles. The predicted octanol–water partition coefficient (Wildman–Crippen LogP) is 2.98. The number of ether oxygens (including phenoxy) is 1. The lowest BCUT2D eigenvalue weighted by Crippen LogP contribution is -2.37. The van der Waals surface area contributed by atoms with Crippen LogP contribution in [0.2, 0.25) is 0 Å². The normalized spacial score (nSPS) is 26.7. The fourth-order valence-corrected chi connectivity index (χ4v) is 4.07. The average molecular weight is 314 g/mol. The summed E-state index contributed by atoms with van der Waals surface area (Å²) in [4.78, 5) is 12.2. The highest BCUT2D eigenvalue weighted by molar-refractivity contribution is 5.71. The fraction of sp³-hybridized carbons (Fsp3) is 0.667. The molecule has 2 atom stereocenters. The van der Waals surface area contributed by atoms with Crippen LogP contribution in [0.15, 0.2) is 18.3 Å². The Morgan fingerprint density at radius 2 is 2.26 bits per heavy atom. The van der Waals surface area contributed by atoms with Gasteiger partial charge in [-0.15, -0.1) is 0 Å². The maximum absolute atomic E-state index is 5.73. The van der Waals surface area contributed by atoms with Gasteiger partial charge >= 0.3 is 0 Å². The number of likely N-dealkylation sites (N-methyl/N-ethyl adjacent to an activating group) is 1. The highest BCUT2D eigenvalue weighted by Crippen LogP contribution is 2.33. The average Bonchev–Trinajstić information content (AvgIpc) is 3.02. The van der Waals surface area contributed by atoms with E-state index in [9.17, 15) is 0 Å². The van der Waals surface area contributed by atoms with Crippen LogP contribution in [-0.2, 0) is 4.74 Å². The molecule has 2 aliphatic rings. The zero-order valence-corrected chi connectivity index (χ0v) is 13.9. The number of likely N-dealkylation sites (tertiary alicyclic amines) is 1. The molecule has 0 saturated carbocycles. The third-order valence-corrected chi connectivity index (χ3v) is 5.29. The first-order valence-corrected chi connectivity index (χ1v) is 8.99. The lowest BCUT2D eigenvalue weighted by atomic mass is 9.99. The molecule has 5 heteroatoms. The summed E-state index contributed by atoms with van der Waals surface area (Å²) in [6.45, 7) is 7.39. The van der Waals surface area contributed by atoms with E-state index in [0.717, 1.165) is 43.9 Å². The van der Waals surface area contributed by atoms with Crippen molar-refractivity contribution in [2.24, 2.45) is 0 Å². The molecule has 0 amide bonds. The van der Waals surface area contributed by atoms with Crippen molar-refractivity contribution in [2.45, 2.75) is 44.6 Å². The van der Waals surface area contributed by atoms with Crippen molar-refractivity contribution in [3.05, 3.63) is 24.2 Å². The van der Waals surface area contributed by atoms with E-state index in [-0.39, 0.29) is 0 Å². The molecule has 2 saturated heterocycles. The van der Waals surface area contributed by atoms with E-state index in [4.69, 9.17) is 9.72 Å². The quantitative estimate of drug-likeness (QED) is 0.873. The Morgan fingerprint density at radius 3 is 3.09 bits per heavy atom. The number of hydrogen-bond acceptors (Lipinski definition) is 4. The van der Waals surface area contributed by atoms with Crippen LogP contribution in [0.4, 0.5) is 0 Å². The predicted molar refractivity (Wildman–Crippen MR) is 90.7 cm³/mol. The molecule has 23 heavy (non-hydrogen) atoms. The van der Waals surface area contributed by atoms with Crippen molar-refractivity contribution >= 4 is 11.2 Å². The lowest BCUT2D eigenvalue weighted by molar-refractivity contribution is 0.0756. The molecule has 0 aromatic carbocycles. The summed E-state index contributed by atoms with van der Waals surface area (Å²) >= 11 is 0. The molecule has 0 spiro atoms. The molecule has 2 fully saturated rings. The summed E-state index contributed by atoms with van der Waals surface area (Å²) in [6.07, 6.45) is 6.67. The van der Waals surface area contributed by atoms with Gasteiger partial charge in [-0.1, -0.05) is 6.92 Å². The number of piperidine rings is 1. The van der Waals surface area contributed by atoms with Crippen LogP contribution in [0.3, 0.4) is 0 Å². The Hall–Kier alpha value is -1.46. The van der Waals surface area contributed by atoms with Gasteiger partial charge in [-0.05, 0) is 50.9 Å². The van der Waals surface area contributed by atoms with Crippen molar-refractivity contribution in [1.29, 1.82) is 0 Å². The summed E-state index contributed by atoms with van der Waals surface area (Å²) in [5.41, 5.74) is 2.08. The monoisotopic (exact) mass is 314 g/mol. The number of pyridine rings is 1. The smallest absolute Gasteiger partial charge is 0.160 e. The van der Waals surface area contributed by atoms with E-state index in [2.05, 4.69) is 27.4 Å². The number of rotatable bonds is 3. The SMILES string of the molecule is CCN1CCCC(n2c(C3CCCOC3)nc3cccnc32)C1. The fourth-order valence-electron chi connectivity index (χ4n) is 4.07. The van der Waals surface area contributed by atoms with Gasteiger partial charge < -0.3 is 14.2 Å². The standard InChI is InChI=1S/C18H26N4O/c1-2-21-10-4-7-15(12-21)22-17(14-6-5-11-23-13-14)20-16-8-3-9-19-18(16)22/h3,8-9,14-15H,2,4-7,10-13H2,1H3. The van der Waals surface area contributed by atoms with Crippen LogP contribution in [-0.4, -0.2) is 52.3 Å². The van der Waals surface area contributed by atoms with Crippen molar-refractivity contribution in [3.63, 3.8) is 0 Å². The Bertz CT molecular complexity index is 662. The molecule has 2 aromatic rings. The molecule has 4 heterocycles. The van der Waals surface area contributed by atoms with Crippen LogP contribution >= 0.6 is 0 Å². The number of hydrogen-bond donors (Lipinski definition) is 0. The molecular weight excluding hydrogens is 288 g/mol. The molecule has 2 aliphatic heterocycles. The molecule has 0 aliphatic carbocycles. The molecular formula is C18H26N4O. The number of imidazole rings is 1. The van der Waals surface area contributed by atoms with Crippen LogP contribution < -0.4 is 0 Å². The summed E-state index contributed by atoms with van der Waals surface area (Å²) in [6, 6.07) is 4.56. The minimum Gasteiger partial charge on any atom is -0.381 e. The number of fused-ring (bicyclic) bond motifs is 1. The van der Waals surface area contributed by atoms with E-state index < -0.39 is 0 Å². The summed E-state index contributed by atoms with van der Waals surface area (Å²) in [7, 11) is 0. The second kappa shape index (κ2) is 6.57. The maximum atomic E-state index is 5.73. The minimum atomic E-state index is 0.412. The van der Waals surface area contributed by atoms with E-state index in [1.807, 2.05) is 12.3 Å². The van der Waals surface area contributed by atoms with Crippen LogP contribution in [0.25, 0.3) is 11.2 Å². The van der Waals surface area contributed by atoms with Gasteiger partial charge in [0.2, 0.25) is 0 Å². The van der Waals surface area contributed by atoms with Crippen LogP contribution in [0.5, 0.6) is 0 Å². The molecule has 0 N–H and O–H groups in total. The first-order valence-electron chi connectivity index (χ1n) is 8.99. The van der Waals surface area contributed by atoms with Gasteiger partial charge in [-0.2, -0.15) is 0 Å². The van der Waals surface area contributed by atoms with E-state index in [0.29, 0.717) is 12.0 Å². The largest absolute Gasteiger partial charge is 0.381 e. The van der Waals surface area contributed by atoms with Gasteiger partial charge in [-0.3, -0.25) is 0 Å². The molecule has 2 unspecified atom stereocenters. The minimum absolute atomic E-state index is 0.412.